The normalized spacial score (nSPS) is 15.2. The fraction of sp³-hybridized carbons (Fsp3) is 0.227. The number of amides is 1. The third kappa shape index (κ3) is 3.93. The van der Waals surface area contributed by atoms with Crippen molar-refractivity contribution in [3.8, 4) is 17.2 Å². The second-order valence-electron chi connectivity index (χ2n) is 7.31. The number of rotatable bonds is 5. The number of halogens is 2. The molecule has 5 rings (SSSR count). The summed E-state index contributed by atoms with van der Waals surface area (Å²) < 4.78 is 11.5. The number of benzene rings is 2. The van der Waals surface area contributed by atoms with Gasteiger partial charge in [0.15, 0.2) is 0 Å². The molecular formula is C22H17Cl2N3O3. The molecule has 0 unspecified atom stereocenters. The molecule has 152 valence electrons. The Hall–Kier alpha value is -2.83. The van der Waals surface area contributed by atoms with Crippen molar-refractivity contribution in [3.63, 3.8) is 0 Å². The maximum atomic E-state index is 13.2. The number of aromatic nitrogens is 2. The molecule has 0 atom stereocenters. The van der Waals surface area contributed by atoms with Crippen molar-refractivity contribution < 1.29 is 13.9 Å². The van der Waals surface area contributed by atoms with E-state index in [-0.39, 0.29) is 25.1 Å². The van der Waals surface area contributed by atoms with E-state index in [0.29, 0.717) is 27.4 Å². The number of hydrogen-bond donors (Lipinski definition) is 0. The molecule has 1 fully saturated rings. The summed E-state index contributed by atoms with van der Waals surface area (Å²) in [4.78, 5) is 15.0. The standard InChI is InChI=1S/C22H17Cl2N3O3/c23-16-3-1-13(2-4-16)21-26-25-20(30-21)11-27(18-6-7-18)22(28)15-9-14-10-17(24)5-8-19(14)29-12-15/h1-5,8-10,18H,6-7,11-12H2. The first-order chi connectivity index (χ1) is 14.6. The first-order valence-corrected chi connectivity index (χ1v) is 10.3. The Balaban J connectivity index is 1.36. The van der Waals surface area contributed by atoms with Crippen LogP contribution in [0.25, 0.3) is 17.5 Å². The van der Waals surface area contributed by atoms with Crippen LogP contribution in [0.4, 0.5) is 0 Å². The van der Waals surface area contributed by atoms with Crippen molar-refractivity contribution in [1.82, 2.24) is 15.1 Å². The van der Waals surface area contributed by atoms with Crippen molar-refractivity contribution in [2.75, 3.05) is 6.61 Å². The van der Waals surface area contributed by atoms with Crippen molar-refractivity contribution in [3.05, 3.63) is 69.5 Å². The quantitative estimate of drug-likeness (QED) is 0.556. The van der Waals surface area contributed by atoms with Gasteiger partial charge in [-0.1, -0.05) is 23.2 Å². The monoisotopic (exact) mass is 441 g/mol. The van der Waals surface area contributed by atoms with Crippen LogP contribution in [-0.4, -0.2) is 33.7 Å². The van der Waals surface area contributed by atoms with Crippen LogP contribution in [0.15, 0.2) is 52.5 Å². The lowest BCUT2D eigenvalue weighted by molar-refractivity contribution is -0.129. The number of carbonyl (C=O) groups excluding carboxylic acids is 1. The summed E-state index contributed by atoms with van der Waals surface area (Å²) in [5, 5.41) is 9.47. The van der Waals surface area contributed by atoms with E-state index in [2.05, 4.69) is 10.2 Å². The Labute approximate surface area is 183 Å². The molecule has 2 aromatic carbocycles. The SMILES string of the molecule is O=C(C1=Cc2cc(Cl)ccc2OC1)N(Cc1nnc(-c2ccc(Cl)cc2)o1)C1CC1. The zero-order valence-corrected chi connectivity index (χ0v) is 17.4. The first kappa shape index (κ1) is 19.2. The van der Waals surface area contributed by atoms with Crippen LogP contribution < -0.4 is 4.74 Å². The highest BCUT2D eigenvalue weighted by Crippen LogP contribution is 2.33. The number of nitrogens with zero attached hydrogens (tertiary/aromatic N) is 3. The molecule has 0 bridgehead atoms. The van der Waals surface area contributed by atoms with Gasteiger partial charge in [-0.15, -0.1) is 10.2 Å². The molecule has 2 aliphatic rings. The van der Waals surface area contributed by atoms with Gasteiger partial charge in [0.2, 0.25) is 11.8 Å². The van der Waals surface area contributed by atoms with Gasteiger partial charge in [-0.05, 0) is 61.4 Å². The van der Waals surface area contributed by atoms with Crippen molar-refractivity contribution in [1.29, 1.82) is 0 Å². The molecule has 1 aliphatic carbocycles. The van der Waals surface area contributed by atoms with Crippen molar-refractivity contribution in [2.45, 2.75) is 25.4 Å². The van der Waals surface area contributed by atoms with E-state index in [1.807, 2.05) is 24.3 Å². The van der Waals surface area contributed by atoms with Gasteiger partial charge < -0.3 is 14.1 Å². The van der Waals surface area contributed by atoms with Gasteiger partial charge in [0.05, 0.1) is 12.1 Å². The molecule has 3 aromatic rings. The highest BCUT2D eigenvalue weighted by Gasteiger charge is 2.35. The second-order valence-corrected chi connectivity index (χ2v) is 8.19. The molecule has 2 heterocycles. The number of carbonyl (C=O) groups is 1. The molecule has 1 aliphatic heterocycles. The molecule has 30 heavy (non-hydrogen) atoms. The Kier molecular flexibility index (Phi) is 4.97. The summed E-state index contributed by atoms with van der Waals surface area (Å²) in [5.74, 6) is 1.42. The lowest BCUT2D eigenvalue weighted by Crippen LogP contribution is -2.35. The number of ether oxygens (including phenoxy) is 1. The minimum absolute atomic E-state index is 0.0885. The van der Waals surface area contributed by atoms with E-state index in [1.165, 1.54) is 0 Å². The fourth-order valence-electron chi connectivity index (χ4n) is 3.38. The summed E-state index contributed by atoms with van der Waals surface area (Å²) in [6, 6.07) is 12.7. The molecule has 0 N–H and O–H groups in total. The minimum atomic E-state index is -0.0885. The lowest BCUT2D eigenvalue weighted by Gasteiger charge is -2.24. The first-order valence-electron chi connectivity index (χ1n) is 9.59. The zero-order chi connectivity index (χ0) is 20.7. The van der Waals surface area contributed by atoms with Crippen LogP contribution >= 0.6 is 23.2 Å². The largest absolute Gasteiger partial charge is 0.488 e. The van der Waals surface area contributed by atoms with E-state index in [1.54, 1.807) is 29.2 Å². The predicted octanol–water partition coefficient (Wildman–Crippen LogP) is 5.01. The van der Waals surface area contributed by atoms with E-state index < -0.39 is 0 Å². The van der Waals surface area contributed by atoms with Crippen LogP contribution in [0.3, 0.4) is 0 Å². The molecule has 1 amide bonds. The Morgan fingerprint density at radius 1 is 1.07 bits per heavy atom. The molecule has 0 saturated heterocycles. The molecular weight excluding hydrogens is 425 g/mol. The lowest BCUT2D eigenvalue weighted by atomic mass is 10.1. The fourth-order valence-corrected chi connectivity index (χ4v) is 3.69. The van der Waals surface area contributed by atoms with Crippen LogP contribution in [-0.2, 0) is 11.3 Å². The van der Waals surface area contributed by atoms with E-state index >= 15 is 0 Å². The van der Waals surface area contributed by atoms with Gasteiger partial charge in [0, 0.05) is 27.2 Å². The number of fused-ring (bicyclic) bond motifs is 1. The molecule has 1 saturated carbocycles. The third-order valence-electron chi connectivity index (χ3n) is 5.07. The summed E-state index contributed by atoms with van der Waals surface area (Å²) in [5.41, 5.74) is 2.16. The van der Waals surface area contributed by atoms with E-state index in [4.69, 9.17) is 32.4 Å². The van der Waals surface area contributed by atoms with Crippen molar-refractivity contribution >= 4 is 35.2 Å². The topological polar surface area (TPSA) is 68.5 Å². The van der Waals surface area contributed by atoms with Gasteiger partial charge in [0.1, 0.15) is 12.4 Å². The Morgan fingerprint density at radius 3 is 2.60 bits per heavy atom. The maximum absolute atomic E-state index is 13.2. The van der Waals surface area contributed by atoms with Crippen LogP contribution in [0.1, 0.15) is 24.3 Å². The van der Waals surface area contributed by atoms with Gasteiger partial charge >= 0.3 is 0 Å². The van der Waals surface area contributed by atoms with Crippen LogP contribution in [0, 0.1) is 0 Å². The Bertz CT molecular complexity index is 1140. The molecule has 0 spiro atoms. The summed E-state index contributed by atoms with van der Waals surface area (Å²) in [6.45, 7) is 0.473. The molecule has 1 aromatic heterocycles. The summed E-state index contributed by atoms with van der Waals surface area (Å²) in [6.07, 6.45) is 3.76. The summed E-state index contributed by atoms with van der Waals surface area (Å²) >= 11 is 12.0. The maximum Gasteiger partial charge on any atom is 0.253 e. The van der Waals surface area contributed by atoms with Crippen LogP contribution in [0.2, 0.25) is 10.0 Å². The highest BCUT2D eigenvalue weighted by molar-refractivity contribution is 6.31. The summed E-state index contributed by atoms with van der Waals surface area (Å²) in [7, 11) is 0. The van der Waals surface area contributed by atoms with Crippen LogP contribution in [0.5, 0.6) is 5.75 Å². The number of hydrogen-bond acceptors (Lipinski definition) is 5. The van der Waals surface area contributed by atoms with Gasteiger partial charge in [-0.3, -0.25) is 4.79 Å². The van der Waals surface area contributed by atoms with E-state index in [0.717, 1.165) is 29.7 Å². The Morgan fingerprint density at radius 2 is 1.83 bits per heavy atom. The van der Waals surface area contributed by atoms with Gasteiger partial charge in [-0.2, -0.15) is 0 Å². The third-order valence-corrected chi connectivity index (χ3v) is 5.56. The minimum Gasteiger partial charge on any atom is -0.488 e. The molecule has 0 radical (unpaired) electrons. The average molecular weight is 442 g/mol. The predicted molar refractivity (Wildman–Crippen MR) is 113 cm³/mol. The zero-order valence-electron chi connectivity index (χ0n) is 15.8. The smallest absolute Gasteiger partial charge is 0.253 e. The second kappa shape index (κ2) is 7.78. The molecule has 8 heteroatoms. The average Bonchev–Trinajstić information content (AvgIpc) is 3.49. The van der Waals surface area contributed by atoms with E-state index in [9.17, 15) is 4.79 Å². The molecule has 6 nitrogen and oxygen atoms in total. The highest BCUT2D eigenvalue weighted by atomic mass is 35.5. The van der Waals surface area contributed by atoms with Gasteiger partial charge in [0.25, 0.3) is 5.91 Å². The van der Waals surface area contributed by atoms with Gasteiger partial charge in [-0.25, -0.2) is 0 Å². The van der Waals surface area contributed by atoms with Crippen molar-refractivity contribution in [2.24, 2.45) is 0 Å².